The van der Waals surface area contributed by atoms with Crippen molar-refractivity contribution in [2.24, 2.45) is 0 Å². The molecule has 4 aromatic rings. The molecule has 0 bridgehead atoms. The third kappa shape index (κ3) is 4.27. The first-order chi connectivity index (χ1) is 14.1. The van der Waals surface area contributed by atoms with Gasteiger partial charge in [0.05, 0.1) is 5.75 Å². The van der Waals surface area contributed by atoms with Crippen molar-refractivity contribution in [3.05, 3.63) is 89.6 Å². The van der Waals surface area contributed by atoms with E-state index in [2.05, 4.69) is 15.2 Å². The van der Waals surface area contributed by atoms with Gasteiger partial charge in [-0.15, -0.1) is 10.2 Å². The Morgan fingerprint density at radius 1 is 0.897 bits per heavy atom. The molecule has 0 aliphatic carbocycles. The summed E-state index contributed by atoms with van der Waals surface area (Å²) in [4.78, 5) is 17.0. The van der Waals surface area contributed by atoms with Crippen molar-refractivity contribution in [3.63, 3.8) is 0 Å². The first-order valence-electron chi connectivity index (χ1n) is 9.28. The summed E-state index contributed by atoms with van der Waals surface area (Å²) < 4.78 is 1.95. The Balaban J connectivity index is 1.66. The second-order valence-corrected chi connectivity index (χ2v) is 7.71. The van der Waals surface area contributed by atoms with Gasteiger partial charge in [-0.1, -0.05) is 65.4 Å². The fraction of sp³-hybridized carbons (Fsp3) is 0.130. The van der Waals surface area contributed by atoms with Crippen molar-refractivity contribution in [2.75, 3.05) is 5.75 Å². The lowest BCUT2D eigenvalue weighted by Gasteiger charge is -2.10. The van der Waals surface area contributed by atoms with Gasteiger partial charge in [0.2, 0.25) is 0 Å². The van der Waals surface area contributed by atoms with Gasteiger partial charge < -0.3 is 0 Å². The smallest absolute Gasteiger partial charge is 0.196 e. The maximum atomic E-state index is 12.6. The molecule has 0 radical (unpaired) electrons. The van der Waals surface area contributed by atoms with Crippen LogP contribution >= 0.6 is 11.8 Å². The molecule has 144 valence electrons. The summed E-state index contributed by atoms with van der Waals surface area (Å²) in [6, 6.07) is 21.5. The lowest BCUT2D eigenvalue weighted by molar-refractivity contribution is 0.102. The molecule has 0 aliphatic rings. The number of nitrogens with zero attached hydrogens (tertiary/aromatic N) is 4. The molecule has 0 saturated heterocycles. The molecule has 4 rings (SSSR count). The number of hydrogen-bond donors (Lipinski definition) is 0. The molecule has 29 heavy (non-hydrogen) atoms. The van der Waals surface area contributed by atoms with E-state index in [9.17, 15) is 4.79 Å². The number of pyridine rings is 1. The molecule has 0 unspecified atom stereocenters. The number of aryl methyl sites for hydroxylation is 2. The summed E-state index contributed by atoms with van der Waals surface area (Å²) in [5.74, 6) is 1.00. The lowest BCUT2D eigenvalue weighted by atomic mass is 10.1. The summed E-state index contributed by atoms with van der Waals surface area (Å²) in [5.41, 5.74) is 4.68. The van der Waals surface area contributed by atoms with Gasteiger partial charge in [0, 0.05) is 17.4 Å². The van der Waals surface area contributed by atoms with Gasteiger partial charge in [0.1, 0.15) is 5.69 Å². The third-order valence-corrected chi connectivity index (χ3v) is 5.45. The first-order valence-corrected chi connectivity index (χ1v) is 10.3. The summed E-state index contributed by atoms with van der Waals surface area (Å²) in [5, 5.41) is 9.38. The zero-order valence-electron chi connectivity index (χ0n) is 16.2. The molecule has 0 atom stereocenters. The standard InChI is InChI=1S/C23H20N4OS/c1-16-6-10-18(11-7-16)21(28)15-29-23-26-25-22(20-5-3-4-14-24-20)27(23)19-12-8-17(2)9-13-19/h3-14H,15H2,1-2H3. The van der Waals surface area contributed by atoms with Crippen LogP contribution in [0.2, 0.25) is 0 Å². The third-order valence-electron chi connectivity index (χ3n) is 4.53. The summed E-state index contributed by atoms with van der Waals surface area (Å²) >= 11 is 1.38. The number of aromatic nitrogens is 4. The number of rotatable bonds is 6. The van der Waals surface area contributed by atoms with Gasteiger partial charge in [-0.2, -0.15) is 0 Å². The summed E-state index contributed by atoms with van der Waals surface area (Å²) in [6.45, 7) is 4.05. The van der Waals surface area contributed by atoms with Crippen molar-refractivity contribution in [2.45, 2.75) is 19.0 Å². The zero-order valence-corrected chi connectivity index (χ0v) is 17.1. The Morgan fingerprint density at radius 3 is 2.24 bits per heavy atom. The summed E-state index contributed by atoms with van der Waals surface area (Å²) in [7, 11) is 0. The van der Waals surface area contributed by atoms with Crippen LogP contribution in [-0.2, 0) is 0 Å². The largest absolute Gasteiger partial charge is 0.293 e. The Kier molecular flexibility index (Phi) is 5.53. The molecule has 0 N–H and O–H groups in total. The second-order valence-electron chi connectivity index (χ2n) is 6.77. The van der Waals surface area contributed by atoms with E-state index in [1.54, 1.807) is 6.20 Å². The van der Waals surface area contributed by atoms with Crippen LogP contribution in [0, 0.1) is 13.8 Å². The fourth-order valence-corrected chi connectivity index (χ4v) is 3.75. The molecular formula is C23H20N4OS. The van der Waals surface area contributed by atoms with E-state index < -0.39 is 0 Å². The number of carbonyl (C=O) groups is 1. The van der Waals surface area contributed by atoms with E-state index in [1.807, 2.05) is 85.1 Å². The van der Waals surface area contributed by atoms with Crippen LogP contribution in [0.4, 0.5) is 0 Å². The van der Waals surface area contributed by atoms with E-state index >= 15 is 0 Å². The number of thioether (sulfide) groups is 1. The van der Waals surface area contributed by atoms with E-state index in [4.69, 9.17) is 0 Å². The van der Waals surface area contributed by atoms with Gasteiger partial charge in [0.15, 0.2) is 16.8 Å². The molecule has 6 heteroatoms. The lowest BCUT2D eigenvalue weighted by Crippen LogP contribution is -2.05. The number of Topliss-reactive ketones (excluding diaryl/α,β-unsaturated/α-hetero) is 1. The molecule has 0 aliphatic heterocycles. The molecule has 2 heterocycles. The predicted molar refractivity (Wildman–Crippen MR) is 116 cm³/mol. The molecule has 0 spiro atoms. The molecule has 0 saturated carbocycles. The van der Waals surface area contributed by atoms with Gasteiger partial charge in [-0.05, 0) is 38.1 Å². The highest BCUT2D eigenvalue weighted by molar-refractivity contribution is 7.99. The van der Waals surface area contributed by atoms with E-state index in [1.165, 1.54) is 17.3 Å². The second kappa shape index (κ2) is 8.41. The predicted octanol–water partition coefficient (Wildman–Crippen LogP) is 4.92. The highest BCUT2D eigenvalue weighted by atomic mass is 32.2. The average Bonchev–Trinajstić information content (AvgIpc) is 3.17. The van der Waals surface area contributed by atoms with Crippen molar-refractivity contribution in [1.29, 1.82) is 0 Å². The molecular weight excluding hydrogens is 380 g/mol. The molecule has 2 aromatic heterocycles. The molecule has 5 nitrogen and oxygen atoms in total. The molecule has 2 aromatic carbocycles. The van der Waals surface area contributed by atoms with Crippen LogP contribution in [-0.4, -0.2) is 31.3 Å². The highest BCUT2D eigenvalue weighted by Crippen LogP contribution is 2.27. The number of carbonyl (C=O) groups excluding carboxylic acids is 1. The molecule has 0 fully saturated rings. The van der Waals surface area contributed by atoms with Crippen LogP contribution in [0.15, 0.2) is 78.1 Å². The fourth-order valence-electron chi connectivity index (χ4n) is 2.90. The van der Waals surface area contributed by atoms with Gasteiger partial charge in [-0.25, -0.2) is 0 Å². The Labute approximate surface area is 173 Å². The molecule has 0 amide bonds. The normalized spacial score (nSPS) is 10.8. The van der Waals surface area contributed by atoms with Gasteiger partial charge in [0.25, 0.3) is 0 Å². The maximum absolute atomic E-state index is 12.6. The van der Waals surface area contributed by atoms with Gasteiger partial charge in [-0.3, -0.25) is 14.3 Å². The number of benzene rings is 2. The van der Waals surface area contributed by atoms with Crippen LogP contribution in [0.25, 0.3) is 17.2 Å². The maximum Gasteiger partial charge on any atom is 0.196 e. The number of ketones is 1. The first kappa shape index (κ1) is 19.1. The van der Waals surface area contributed by atoms with Crippen LogP contribution in [0.1, 0.15) is 21.5 Å². The SMILES string of the molecule is Cc1ccc(C(=O)CSc2nnc(-c3ccccn3)n2-c2ccc(C)cc2)cc1. The van der Waals surface area contributed by atoms with Crippen LogP contribution in [0.3, 0.4) is 0 Å². The van der Waals surface area contributed by atoms with Crippen LogP contribution in [0.5, 0.6) is 0 Å². The number of hydrogen-bond acceptors (Lipinski definition) is 5. The average molecular weight is 401 g/mol. The Hall–Kier alpha value is -3.25. The summed E-state index contributed by atoms with van der Waals surface area (Å²) in [6.07, 6.45) is 1.73. The topological polar surface area (TPSA) is 60.7 Å². The minimum absolute atomic E-state index is 0.0628. The van der Waals surface area contributed by atoms with Crippen molar-refractivity contribution in [3.8, 4) is 17.2 Å². The monoisotopic (exact) mass is 400 g/mol. The Morgan fingerprint density at radius 2 is 1.59 bits per heavy atom. The van der Waals surface area contributed by atoms with E-state index in [-0.39, 0.29) is 11.5 Å². The highest BCUT2D eigenvalue weighted by Gasteiger charge is 2.18. The van der Waals surface area contributed by atoms with E-state index in [0.717, 1.165) is 16.9 Å². The van der Waals surface area contributed by atoms with Gasteiger partial charge >= 0.3 is 0 Å². The van der Waals surface area contributed by atoms with Crippen molar-refractivity contribution >= 4 is 17.5 Å². The van der Waals surface area contributed by atoms with Crippen molar-refractivity contribution in [1.82, 2.24) is 19.7 Å². The minimum Gasteiger partial charge on any atom is -0.293 e. The van der Waals surface area contributed by atoms with Crippen molar-refractivity contribution < 1.29 is 4.79 Å². The van der Waals surface area contributed by atoms with Crippen LogP contribution < -0.4 is 0 Å². The zero-order chi connectivity index (χ0) is 20.2. The van der Waals surface area contributed by atoms with E-state index in [0.29, 0.717) is 16.5 Å². The minimum atomic E-state index is 0.0628. The quantitative estimate of drug-likeness (QED) is 0.340. The Bertz CT molecular complexity index is 1120.